The maximum Gasteiger partial charge on any atom is 0.0811 e. The Hall–Kier alpha value is 0.354. The van der Waals surface area contributed by atoms with Crippen LogP contribution in [0.3, 0.4) is 0 Å². The molecule has 0 amide bonds. The van der Waals surface area contributed by atoms with Gasteiger partial charge in [-0.2, -0.15) is 0 Å². The molecule has 0 aromatic rings. The number of aliphatic hydroxyl groups is 2. The zero-order valence-corrected chi connectivity index (χ0v) is 11.0. The molecular formula is C8H22O2Si2. The molecule has 0 aliphatic carbocycles. The Labute approximate surface area is 77.6 Å². The number of rotatable bonds is 3. The lowest BCUT2D eigenvalue weighted by Crippen LogP contribution is -2.56. The van der Waals surface area contributed by atoms with E-state index in [0.29, 0.717) is 0 Å². The first-order chi connectivity index (χ1) is 5.07. The smallest absolute Gasteiger partial charge is 0.0811 e. The minimum atomic E-state index is -1.59. The van der Waals surface area contributed by atoms with E-state index >= 15 is 0 Å². The van der Waals surface area contributed by atoms with Crippen molar-refractivity contribution in [2.45, 2.75) is 50.7 Å². The summed E-state index contributed by atoms with van der Waals surface area (Å²) in [6.45, 7) is 12.5. The van der Waals surface area contributed by atoms with Crippen LogP contribution in [0.15, 0.2) is 0 Å². The molecule has 2 N–H and O–H groups in total. The maximum atomic E-state index is 9.84. The molecule has 0 aromatic carbocycles. The standard InChI is InChI=1S/C8H22O2Si2/c1-11(2,3)7(9)8(10)12(4,5)6/h7-10H,1-6H3. The SMILES string of the molecule is C[Si](C)(C)C(O)C(O)[Si](C)(C)C. The number of aliphatic hydroxyl groups excluding tert-OH is 2. The highest BCUT2D eigenvalue weighted by Crippen LogP contribution is 2.18. The van der Waals surface area contributed by atoms with Crippen molar-refractivity contribution in [1.82, 2.24) is 0 Å². The first-order valence-electron chi connectivity index (χ1n) is 4.43. The molecule has 2 unspecified atom stereocenters. The van der Waals surface area contributed by atoms with Crippen LogP contribution in [0.5, 0.6) is 0 Å². The Balaban J connectivity index is 4.41. The summed E-state index contributed by atoms with van der Waals surface area (Å²) in [5, 5.41) is 19.7. The van der Waals surface area contributed by atoms with Crippen molar-refractivity contribution in [1.29, 1.82) is 0 Å². The molecule has 0 aromatic heterocycles. The quantitative estimate of drug-likeness (QED) is 0.687. The monoisotopic (exact) mass is 206 g/mol. The summed E-state index contributed by atoms with van der Waals surface area (Å²) in [6.07, 6.45) is 0. The van der Waals surface area contributed by atoms with E-state index in [2.05, 4.69) is 39.3 Å². The molecule has 0 saturated carbocycles. The average Bonchev–Trinajstić information content (AvgIpc) is 1.80. The van der Waals surface area contributed by atoms with Gasteiger partial charge in [-0.25, -0.2) is 0 Å². The highest BCUT2D eigenvalue weighted by Gasteiger charge is 2.38. The predicted molar refractivity (Wildman–Crippen MR) is 58.7 cm³/mol. The molecule has 12 heavy (non-hydrogen) atoms. The van der Waals surface area contributed by atoms with Gasteiger partial charge in [0.2, 0.25) is 0 Å². The van der Waals surface area contributed by atoms with Crippen LogP contribution >= 0.6 is 0 Å². The normalized spacial score (nSPS) is 19.0. The minimum Gasteiger partial charge on any atom is -0.394 e. The van der Waals surface area contributed by atoms with Crippen molar-refractivity contribution in [2.24, 2.45) is 0 Å². The zero-order chi connectivity index (χ0) is 10.2. The average molecular weight is 206 g/mol. The van der Waals surface area contributed by atoms with Gasteiger partial charge in [0.05, 0.1) is 27.6 Å². The highest BCUT2D eigenvalue weighted by molar-refractivity contribution is 6.83. The lowest BCUT2D eigenvalue weighted by Gasteiger charge is -2.34. The van der Waals surface area contributed by atoms with Gasteiger partial charge in [-0.05, 0) is 0 Å². The second kappa shape index (κ2) is 3.61. The van der Waals surface area contributed by atoms with Crippen molar-refractivity contribution in [2.75, 3.05) is 0 Å². The molecule has 0 bridgehead atoms. The molecule has 0 aliphatic rings. The molecule has 0 aliphatic heterocycles. The first-order valence-corrected chi connectivity index (χ1v) is 11.6. The van der Waals surface area contributed by atoms with E-state index in [4.69, 9.17) is 0 Å². The molecular weight excluding hydrogens is 184 g/mol. The zero-order valence-electron chi connectivity index (χ0n) is 9.05. The van der Waals surface area contributed by atoms with Crippen LogP contribution in [-0.4, -0.2) is 37.8 Å². The van der Waals surface area contributed by atoms with E-state index in [-0.39, 0.29) is 0 Å². The van der Waals surface area contributed by atoms with Gasteiger partial charge in [0.25, 0.3) is 0 Å². The summed E-state index contributed by atoms with van der Waals surface area (Å²) in [7, 11) is -3.19. The lowest BCUT2D eigenvalue weighted by molar-refractivity contribution is 0.109. The largest absolute Gasteiger partial charge is 0.394 e. The third-order valence-corrected chi connectivity index (χ3v) is 6.59. The summed E-state index contributed by atoms with van der Waals surface area (Å²) in [5.74, 6) is 0. The molecule has 2 nitrogen and oxygen atoms in total. The van der Waals surface area contributed by atoms with Gasteiger partial charge >= 0.3 is 0 Å². The van der Waals surface area contributed by atoms with Gasteiger partial charge in [-0.3, -0.25) is 0 Å². The summed E-state index contributed by atoms with van der Waals surface area (Å²) < 4.78 is 0. The third-order valence-electron chi connectivity index (χ3n) is 2.07. The van der Waals surface area contributed by atoms with Crippen molar-refractivity contribution in [3.8, 4) is 0 Å². The van der Waals surface area contributed by atoms with Crippen LogP contribution in [0.4, 0.5) is 0 Å². The van der Waals surface area contributed by atoms with E-state index < -0.39 is 27.6 Å². The summed E-state index contributed by atoms with van der Waals surface area (Å²) in [4.78, 5) is 0. The van der Waals surface area contributed by atoms with E-state index in [0.717, 1.165) is 0 Å². The fraction of sp³-hybridized carbons (Fsp3) is 1.00. The van der Waals surface area contributed by atoms with Gasteiger partial charge in [0, 0.05) is 0 Å². The molecule has 4 heteroatoms. The van der Waals surface area contributed by atoms with Gasteiger partial charge < -0.3 is 10.2 Å². The Bertz CT molecular complexity index is 128. The Kier molecular flexibility index (Phi) is 3.72. The summed E-state index contributed by atoms with van der Waals surface area (Å²) in [5.41, 5.74) is -0.937. The van der Waals surface area contributed by atoms with Crippen LogP contribution in [0.1, 0.15) is 0 Å². The van der Waals surface area contributed by atoms with Gasteiger partial charge in [0.15, 0.2) is 0 Å². The minimum absolute atomic E-state index is 0.468. The highest BCUT2D eigenvalue weighted by atomic mass is 28.3. The lowest BCUT2D eigenvalue weighted by atomic mass is 10.8. The summed E-state index contributed by atoms with van der Waals surface area (Å²) >= 11 is 0. The van der Waals surface area contributed by atoms with Crippen LogP contribution in [0, 0.1) is 0 Å². The Morgan fingerprint density at radius 3 is 0.917 bits per heavy atom. The molecule has 0 radical (unpaired) electrons. The molecule has 74 valence electrons. The Morgan fingerprint density at radius 1 is 0.667 bits per heavy atom. The molecule has 0 rings (SSSR count). The first kappa shape index (κ1) is 12.4. The van der Waals surface area contributed by atoms with Gasteiger partial charge in [-0.15, -0.1) is 0 Å². The topological polar surface area (TPSA) is 40.5 Å². The van der Waals surface area contributed by atoms with Gasteiger partial charge in [-0.1, -0.05) is 39.3 Å². The fourth-order valence-electron chi connectivity index (χ4n) is 0.947. The van der Waals surface area contributed by atoms with E-state index in [9.17, 15) is 10.2 Å². The maximum absolute atomic E-state index is 9.84. The van der Waals surface area contributed by atoms with Gasteiger partial charge in [0.1, 0.15) is 0 Å². The third kappa shape index (κ3) is 3.39. The number of hydrogen-bond donors (Lipinski definition) is 2. The molecule has 0 heterocycles. The van der Waals surface area contributed by atoms with Crippen molar-refractivity contribution in [3.05, 3.63) is 0 Å². The van der Waals surface area contributed by atoms with Crippen LogP contribution in [-0.2, 0) is 0 Å². The summed E-state index contributed by atoms with van der Waals surface area (Å²) in [6, 6.07) is 0. The van der Waals surface area contributed by atoms with E-state index in [1.807, 2.05) is 0 Å². The Morgan fingerprint density at radius 2 is 0.833 bits per heavy atom. The van der Waals surface area contributed by atoms with Crippen molar-refractivity contribution in [3.63, 3.8) is 0 Å². The van der Waals surface area contributed by atoms with Crippen LogP contribution in [0.25, 0.3) is 0 Å². The van der Waals surface area contributed by atoms with E-state index in [1.165, 1.54) is 0 Å². The fourth-order valence-corrected chi connectivity index (χ4v) is 5.84. The van der Waals surface area contributed by atoms with Crippen molar-refractivity contribution < 1.29 is 10.2 Å². The molecule has 0 saturated heterocycles. The predicted octanol–water partition coefficient (Wildman–Crippen LogP) is 1.46. The molecule has 2 atom stereocenters. The second-order valence-electron chi connectivity index (χ2n) is 5.62. The second-order valence-corrected chi connectivity index (χ2v) is 16.3. The van der Waals surface area contributed by atoms with Crippen molar-refractivity contribution >= 4 is 16.1 Å². The molecule has 0 fully saturated rings. The van der Waals surface area contributed by atoms with E-state index in [1.54, 1.807) is 0 Å². The van der Waals surface area contributed by atoms with Crippen LogP contribution in [0.2, 0.25) is 39.3 Å². The van der Waals surface area contributed by atoms with Crippen LogP contribution < -0.4 is 0 Å². The number of hydrogen-bond acceptors (Lipinski definition) is 2. The molecule has 0 spiro atoms.